The molecule has 2 aliphatic heterocycles. The minimum absolute atomic E-state index is 0.00142. The summed E-state index contributed by atoms with van der Waals surface area (Å²) in [6.45, 7) is 5.97. The summed E-state index contributed by atoms with van der Waals surface area (Å²) in [6, 6.07) is 7.15. The number of amides is 1. The first-order valence-corrected chi connectivity index (χ1v) is 10.5. The molecule has 0 radical (unpaired) electrons. The maximum Gasteiger partial charge on any atom is 0.230 e. The summed E-state index contributed by atoms with van der Waals surface area (Å²) < 4.78 is 27.4. The zero-order valence-electron chi connectivity index (χ0n) is 14.9. The van der Waals surface area contributed by atoms with Crippen LogP contribution in [0.1, 0.15) is 38.7 Å². The van der Waals surface area contributed by atoms with E-state index in [-0.39, 0.29) is 23.1 Å². The fourth-order valence-electron chi connectivity index (χ4n) is 3.50. The molecular formula is C18H27N3O3S. The number of hydrogen-bond donors (Lipinski definition) is 2. The monoisotopic (exact) mass is 365 g/mol. The number of hydrogen-bond acceptors (Lipinski definition) is 4. The van der Waals surface area contributed by atoms with Crippen molar-refractivity contribution in [3.8, 4) is 0 Å². The zero-order valence-corrected chi connectivity index (χ0v) is 15.7. The summed E-state index contributed by atoms with van der Waals surface area (Å²) >= 11 is 0. The second kappa shape index (κ2) is 7.05. The van der Waals surface area contributed by atoms with Crippen molar-refractivity contribution in [3.05, 3.63) is 29.8 Å². The van der Waals surface area contributed by atoms with E-state index in [4.69, 9.17) is 0 Å². The van der Waals surface area contributed by atoms with E-state index in [0.717, 1.165) is 19.3 Å². The third-order valence-corrected chi connectivity index (χ3v) is 7.15. The van der Waals surface area contributed by atoms with Gasteiger partial charge in [-0.2, -0.15) is 4.31 Å². The molecule has 0 unspecified atom stereocenters. The lowest BCUT2D eigenvalue weighted by molar-refractivity contribution is -0.121. The smallest absolute Gasteiger partial charge is 0.230 e. The van der Waals surface area contributed by atoms with Gasteiger partial charge in [0.25, 0.3) is 0 Å². The number of anilines is 1. The topological polar surface area (TPSA) is 78.5 Å². The molecule has 6 nitrogen and oxygen atoms in total. The first-order valence-electron chi connectivity index (χ1n) is 8.89. The number of piperidine rings is 1. The van der Waals surface area contributed by atoms with Crippen molar-refractivity contribution >= 4 is 21.6 Å². The van der Waals surface area contributed by atoms with Gasteiger partial charge in [0.05, 0.1) is 11.7 Å². The summed E-state index contributed by atoms with van der Waals surface area (Å²) in [4.78, 5) is 12.0. The molecule has 0 aromatic heterocycles. The minimum atomic E-state index is -3.39. The van der Waals surface area contributed by atoms with Crippen LogP contribution in [0.3, 0.4) is 0 Å². The van der Waals surface area contributed by atoms with E-state index in [2.05, 4.69) is 10.6 Å². The number of carbonyl (C=O) groups is 1. The van der Waals surface area contributed by atoms with Crippen LogP contribution in [0.4, 0.5) is 5.69 Å². The molecule has 2 N–H and O–H groups in total. The molecule has 3 rings (SSSR count). The van der Waals surface area contributed by atoms with Gasteiger partial charge in [0.1, 0.15) is 0 Å². The molecule has 0 atom stereocenters. The largest absolute Gasteiger partial charge is 0.326 e. The van der Waals surface area contributed by atoms with Gasteiger partial charge >= 0.3 is 0 Å². The maximum atomic E-state index is 12.9. The highest BCUT2D eigenvalue weighted by Gasteiger charge is 2.37. The Morgan fingerprint density at radius 1 is 1.32 bits per heavy atom. The van der Waals surface area contributed by atoms with Crippen molar-refractivity contribution in [3.63, 3.8) is 0 Å². The van der Waals surface area contributed by atoms with Crippen LogP contribution in [0.2, 0.25) is 0 Å². The first-order chi connectivity index (χ1) is 11.8. The lowest BCUT2D eigenvalue weighted by Gasteiger charge is -2.41. The van der Waals surface area contributed by atoms with E-state index in [0.29, 0.717) is 30.9 Å². The summed E-state index contributed by atoms with van der Waals surface area (Å²) in [5.74, 6) is -0.0528. The number of rotatable bonds is 5. The quantitative estimate of drug-likeness (QED) is 0.836. The fraction of sp³-hybridized carbons (Fsp3) is 0.611. The highest BCUT2D eigenvalue weighted by Crippen LogP contribution is 2.31. The molecule has 2 fully saturated rings. The van der Waals surface area contributed by atoms with Gasteiger partial charge in [-0.25, -0.2) is 8.42 Å². The Morgan fingerprint density at radius 2 is 2.08 bits per heavy atom. The Balaban J connectivity index is 1.71. The number of sulfonamides is 1. The molecule has 0 aliphatic carbocycles. The Labute approximate surface area is 150 Å². The van der Waals surface area contributed by atoms with E-state index in [1.807, 2.05) is 13.8 Å². The van der Waals surface area contributed by atoms with Crippen LogP contribution >= 0.6 is 0 Å². The molecule has 1 aromatic carbocycles. The van der Waals surface area contributed by atoms with Gasteiger partial charge < -0.3 is 10.6 Å². The second-order valence-corrected chi connectivity index (χ2v) is 9.54. The Morgan fingerprint density at radius 3 is 2.72 bits per heavy atom. The molecule has 7 heteroatoms. The van der Waals surface area contributed by atoms with Gasteiger partial charge in [-0.05, 0) is 44.4 Å². The lowest BCUT2D eigenvalue weighted by Crippen LogP contribution is -2.50. The van der Waals surface area contributed by atoms with Gasteiger partial charge in [0.2, 0.25) is 15.9 Å². The van der Waals surface area contributed by atoms with Crippen molar-refractivity contribution in [2.75, 3.05) is 25.0 Å². The van der Waals surface area contributed by atoms with E-state index in [1.165, 1.54) is 0 Å². The molecule has 1 aromatic rings. The number of carbonyl (C=O) groups excluding carboxylic acids is 1. The molecule has 0 saturated carbocycles. The molecule has 25 heavy (non-hydrogen) atoms. The van der Waals surface area contributed by atoms with Gasteiger partial charge in [-0.15, -0.1) is 0 Å². The third kappa shape index (κ3) is 4.22. The predicted molar refractivity (Wildman–Crippen MR) is 98.7 cm³/mol. The van der Waals surface area contributed by atoms with Crippen molar-refractivity contribution in [2.24, 2.45) is 5.92 Å². The Kier molecular flexibility index (Phi) is 5.18. The van der Waals surface area contributed by atoms with Crippen LogP contribution in [-0.2, 0) is 20.6 Å². The van der Waals surface area contributed by atoms with E-state index < -0.39 is 10.0 Å². The average Bonchev–Trinajstić information content (AvgIpc) is 2.44. The zero-order chi connectivity index (χ0) is 18.1. The third-order valence-electron chi connectivity index (χ3n) is 5.11. The van der Waals surface area contributed by atoms with Crippen molar-refractivity contribution in [2.45, 2.75) is 44.4 Å². The maximum absolute atomic E-state index is 12.9. The van der Waals surface area contributed by atoms with Crippen molar-refractivity contribution in [1.29, 1.82) is 0 Å². The van der Waals surface area contributed by atoms with Gasteiger partial charge in [-0.1, -0.05) is 18.6 Å². The molecule has 138 valence electrons. The van der Waals surface area contributed by atoms with E-state index in [1.54, 1.807) is 28.6 Å². The van der Waals surface area contributed by atoms with Gasteiger partial charge in [-0.3, -0.25) is 4.79 Å². The molecule has 2 heterocycles. The fourth-order valence-corrected chi connectivity index (χ4v) is 5.51. The summed E-state index contributed by atoms with van der Waals surface area (Å²) in [7, 11) is -3.39. The van der Waals surface area contributed by atoms with Crippen LogP contribution in [0, 0.1) is 5.92 Å². The predicted octanol–water partition coefficient (Wildman–Crippen LogP) is 1.94. The van der Waals surface area contributed by atoms with Gasteiger partial charge in [0.15, 0.2) is 0 Å². The SMILES string of the molecule is CC1(C)CCCCN1S(=O)(=O)Cc1cccc(NC(=O)C2CNC2)c1. The normalized spacial score (nSPS) is 21.5. The van der Waals surface area contributed by atoms with Crippen molar-refractivity contribution < 1.29 is 13.2 Å². The molecule has 0 spiro atoms. The molecule has 2 saturated heterocycles. The van der Waals surface area contributed by atoms with Crippen LogP contribution in [0.25, 0.3) is 0 Å². The molecular weight excluding hydrogens is 338 g/mol. The Hall–Kier alpha value is -1.44. The minimum Gasteiger partial charge on any atom is -0.326 e. The highest BCUT2D eigenvalue weighted by molar-refractivity contribution is 7.88. The summed E-state index contributed by atoms with van der Waals surface area (Å²) in [5, 5.41) is 5.95. The van der Waals surface area contributed by atoms with Crippen molar-refractivity contribution in [1.82, 2.24) is 9.62 Å². The molecule has 0 bridgehead atoms. The van der Waals surface area contributed by atoms with E-state index >= 15 is 0 Å². The van der Waals surface area contributed by atoms with Crippen LogP contribution < -0.4 is 10.6 Å². The van der Waals surface area contributed by atoms with E-state index in [9.17, 15) is 13.2 Å². The van der Waals surface area contributed by atoms with Crippen LogP contribution in [0.5, 0.6) is 0 Å². The highest BCUT2D eigenvalue weighted by atomic mass is 32.2. The Bertz CT molecular complexity index is 742. The summed E-state index contributed by atoms with van der Waals surface area (Å²) in [5.41, 5.74) is 1.02. The first kappa shape index (κ1) is 18.4. The molecule has 2 aliphatic rings. The second-order valence-electron chi connectivity index (χ2n) is 7.64. The molecule has 1 amide bonds. The van der Waals surface area contributed by atoms with Gasteiger partial charge in [0, 0.05) is 30.9 Å². The summed E-state index contributed by atoms with van der Waals surface area (Å²) in [6.07, 6.45) is 2.86. The standard InChI is InChI=1S/C18H27N3O3S/c1-18(2)8-3-4-9-21(18)25(23,24)13-14-6-5-7-16(10-14)20-17(22)15-11-19-12-15/h5-7,10,15,19H,3-4,8-9,11-13H2,1-2H3,(H,20,22). The average molecular weight is 365 g/mol. The van der Waals surface area contributed by atoms with Crippen LogP contribution in [0.15, 0.2) is 24.3 Å². The number of nitrogens with zero attached hydrogens (tertiary/aromatic N) is 1. The van der Waals surface area contributed by atoms with Crippen LogP contribution in [-0.4, -0.2) is 43.8 Å². The lowest BCUT2D eigenvalue weighted by atomic mass is 9.93. The number of benzene rings is 1. The number of nitrogens with one attached hydrogen (secondary N) is 2.